The van der Waals surface area contributed by atoms with Gasteiger partial charge in [0.25, 0.3) is 0 Å². The van der Waals surface area contributed by atoms with Crippen LogP contribution in [0.1, 0.15) is 20.3 Å². The van der Waals surface area contributed by atoms with E-state index >= 15 is 0 Å². The Bertz CT molecular complexity index is 525. The molecule has 2 rings (SSSR count). The van der Waals surface area contributed by atoms with Crippen LogP contribution in [0.3, 0.4) is 0 Å². The Kier molecular flexibility index (Phi) is 6.00. The number of nitrogens with one attached hydrogen (secondary N) is 2. The van der Waals surface area contributed by atoms with Crippen LogP contribution in [0.2, 0.25) is 0 Å². The molecule has 0 aliphatic carbocycles. The van der Waals surface area contributed by atoms with E-state index in [9.17, 15) is 0 Å². The zero-order valence-corrected chi connectivity index (χ0v) is 13.6. The van der Waals surface area contributed by atoms with Crippen molar-refractivity contribution in [3.8, 4) is 0 Å². The van der Waals surface area contributed by atoms with Gasteiger partial charge in [-0.25, -0.2) is 0 Å². The van der Waals surface area contributed by atoms with E-state index in [1.807, 2.05) is 18.2 Å². The van der Waals surface area contributed by atoms with Gasteiger partial charge in [0.1, 0.15) is 0 Å². The van der Waals surface area contributed by atoms with Gasteiger partial charge < -0.3 is 10.6 Å². The molecule has 2 unspecified atom stereocenters. The van der Waals surface area contributed by atoms with Crippen LogP contribution in [0.25, 0.3) is 0 Å². The molecule has 0 aliphatic rings. The first-order chi connectivity index (χ1) is 10.2. The molecule has 112 valence electrons. The summed E-state index contributed by atoms with van der Waals surface area (Å²) in [6.07, 6.45) is 1.13. The number of benzene rings is 2. The van der Waals surface area contributed by atoms with Crippen molar-refractivity contribution in [2.24, 2.45) is 5.92 Å². The highest BCUT2D eigenvalue weighted by atomic mass is 32.1. The van der Waals surface area contributed by atoms with Crippen LogP contribution in [0.5, 0.6) is 0 Å². The van der Waals surface area contributed by atoms with Crippen molar-refractivity contribution in [3.63, 3.8) is 0 Å². The van der Waals surface area contributed by atoms with Gasteiger partial charge in [-0.1, -0.05) is 25.1 Å². The Balaban J connectivity index is 1.90. The van der Waals surface area contributed by atoms with Crippen molar-refractivity contribution < 1.29 is 0 Å². The first-order valence-electron chi connectivity index (χ1n) is 7.47. The summed E-state index contributed by atoms with van der Waals surface area (Å²) in [5.74, 6) is 1.57. The fourth-order valence-corrected chi connectivity index (χ4v) is 2.51. The Morgan fingerprint density at radius 3 is 2.05 bits per heavy atom. The predicted molar refractivity (Wildman–Crippen MR) is 96.9 cm³/mol. The maximum Gasteiger partial charge on any atom is 0.0385 e. The van der Waals surface area contributed by atoms with Gasteiger partial charge in [0, 0.05) is 23.1 Å². The lowest BCUT2D eigenvalue weighted by molar-refractivity contribution is 0.548. The molecular formula is C18H24N2S. The topological polar surface area (TPSA) is 24.1 Å². The van der Waals surface area contributed by atoms with Crippen LogP contribution >= 0.6 is 12.6 Å². The first kappa shape index (κ1) is 15.8. The van der Waals surface area contributed by atoms with Gasteiger partial charge in [0.2, 0.25) is 0 Å². The monoisotopic (exact) mass is 300 g/mol. The van der Waals surface area contributed by atoms with Crippen molar-refractivity contribution >= 4 is 29.7 Å². The summed E-state index contributed by atoms with van der Waals surface area (Å²) in [6.45, 7) is 4.45. The lowest BCUT2D eigenvalue weighted by atomic mass is 10.0. The molecule has 3 heteroatoms. The van der Waals surface area contributed by atoms with Gasteiger partial charge in [-0.3, -0.25) is 0 Å². The molecule has 2 atom stereocenters. The summed E-state index contributed by atoms with van der Waals surface area (Å²) in [5, 5.41) is 6.92. The lowest BCUT2D eigenvalue weighted by Crippen LogP contribution is -2.18. The smallest absolute Gasteiger partial charge is 0.0385 e. The maximum absolute atomic E-state index is 4.34. The molecule has 0 bridgehead atoms. The second-order valence-corrected chi connectivity index (χ2v) is 6.00. The first-order valence-corrected chi connectivity index (χ1v) is 8.10. The third kappa shape index (κ3) is 5.35. The minimum Gasteiger partial charge on any atom is -0.383 e. The Morgan fingerprint density at radius 2 is 1.43 bits per heavy atom. The highest BCUT2D eigenvalue weighted by Gasteiger charge is 2.07. The molecule has 2 aromatic carbocycles. The van der Waals surface area contributed by atoms with Crippen molar-refractivity contribution in [2.75, 3.05) is 16.4 Å². The number of rotatable bonds is 7. The number of hydrogen-bond donors (Lipinski definition) is 3. The van der Waals surface area contributed by atoms with E-state index in [1.165, 1.54) is 0 Å². The van der Waals surface area contributed by atoms with Gasteiger partial charge in [0.15, 0.2) is 0 Å². The van der Waals surface area contributed by atoms with Crippen molar-refractivity contribution in [1.82, 2.24) is 0 Å². The van der Waals surface area contributed by atoms with Crippen LogP contribution in [-0.2, 0) is 0 Å². The molecule has 0 saturated heterocycles. The molecule has 0 fully saturated rings. The largest absolute Gasteiger partial charge is 0.383 e. The summed E-state index contributed by atoms with van der Waals surface area (Å²) < 4.78 is 0. The van der Waals surface area contributed by atoms with Crippen molar-refractivity contribution in [2.45, 2.75) is 26.3 Å². The Labute approximate surface area is 133 Å². The molecule has 0 radical (unpaired) electrons. The molecule has 2 N–H and O–H groups in total. The standard InChI is InChI=1S/C18H24N2S/c1-14(13-21)12-15(2)19-17-8-10-18(11-9-17)20-16-6-4-3-5-7-16/h3-11,14-15,19-21H,12-13H2,1-2H3. The number of para-hydroxylation sites is 1. The fourth-order valence-electron chi connectivity index (χ4n) is 2.36. The van der Waals surface area contributed by atoms with Crippen LogP contribution < -0.4 is 10.6 Å². The van der Waals surface area contributed by atoms with E-state index in [4.69, 9.17) is 0 Å². The van der Waals surface area contributed by atoms with Gasteiger partial charge in [0.05, 0.1) is 0 Å². The van der Waals surface area contributed by atoms with Crippen LogP contribution in [0.4, 0.5) is 17.1 Å². The predicted octanol–water partition coefficient (Wildman–Crippen LogP) is 5.19. The fraction of sp³-hybridized carbons (Fsp3) is 0.333. The molecule has 0 amide bonds. The lowest BCUT2D eigenvalue weighted by Gasteiger charge is -2.18. The van der Waals surface area contributed by atoms with E-state index in [2.05, 4.69) is 73.5 Å². The minimum atomic E-state index is 0.458. The number of thiol groups is 1. The number of anilines is 3. The van der Waals surface area contributed by atoms with Crippen LogP contribution in [-0.4, -0.2) is 11.8 Å². The second-order valence-electron chi connectivity index (χ2n) is 5.64. The highest BCUT2D eigenvalue weighted by Crippen LogP contribution is 2.20. The van der Waals surface area contributed by atoms with Gasteiger partial charge in [-0.05, 0) is 61.4 Å². The summed E-state index contributed by atoms with van der Waals surface area (Å²) >= 11 is 4.34. The molecule has 21 heavy (non-hydrogen) atoms. The molecule has 0 heterocycles. The van der Waals surface area contributed by atoms with Crippen molar-refractivity contribution in [1.29, 1.82) is 0 Å². The van der Waals surface area contributed by atoms with E-state index in [-0.39, 0.29) is 0 Å². The van der Waals surface area contributed by atoms with Crippen molar-refractivity contribution in [3.05, 3.63) is 54.6 Å². The van der Waals surface area contributed by atoms with E-state index < -0.39 is 0 Å². The second kappa shape index (κ2) is 7.99. The van der Waals surface area contributed by atoms with Crippen LogP contribution in [0.15, 0.2) is 54.6 Å². The molecule has 0 aliphatic heterocycles. The van der Waals surface area contributed by atoms with E-state index in [0.29, 0.717) is 12.0 Å². The van der Waals surface area contributed by atoms with Gasteiger partial charge >= 0.3 is 0 Å². The molecule has 0 aromatic heterocycles. The van der Waals surface area contributed by atoms with E-state index in [1.54, 1.807) is 0 Å². The zero-order valence-electron chi connectivity index (χ0n) is 12.7. The highest BCUT2D eigenvalue weighted by molar-refractivity contribution is 7.80. The average molecular weight is 300 g/mol. The summed E-state index contributed by atoms with van der Waals surface area (Å²) in [4.78, 5) is 0. The summed E-state index contributed by atoms with van der Waals surface area (Å²) in [5.41, 5.74) is 3.37. The molecule has 2 aromatic rings. The number of hydrogen-bond acceptors (Lipinski definition) is 3. The maximum atomic E-state index is 4.34. The molecule has 0 saturated carbocycles. The molecule has 2 nitrogen and oxygen atoms in total. The third-order valence-corrected chi connectivity index (χ3v) is 4.05. The molecule has 0 spiro atoms. The summed E-state index contributed by atoms with van der Waals surface area (Å²) in [6, 6.07) is 19.1. The quantitative estimate of drug-likeness (QED) is 0.613. The minimum absolute atomic E-state index is 0.458. The Hall–Kier alpha value is -1.61. The zero-order chi connectivity index (χ0) is 15.1. The molecular weight excluding hydrogens is 276 g/mol. The van der Waals surface area contributed by atoms with Crippen LogP contribution in [0, 0.1) is 5.92 Å². The van der Waals surface area contributed by atoms with E-state index in [0.717, 1.165) is 29.2 Å². The average Bonchev–Trinajstić information content (AvgIpc) is 2.50. The van der Waals surface area contributed by atoms with Gasteiger partial charge in [-0.2, -0.15) is 12.6 Å². The third-order valence-electron chi connectivity index (χ3n) is 3.43. The van der Waals surface area contributed by atoms with Gasteiger partial charge in [-0.15, -0.1) is 0 Å². The normalized spacial score (nSPS) is 13.5. The summed E-state index contributed by atoms with van der Waals surface area (Å²) in [7, 11) is 0. The SMILES string of the molecule is CC(CS)CC(C)Nc1ccc(Nc2ccccc2)cc1. The Morgan fingerprint density at radius 1 is 0.857 bits per heavy atom.